The topological polar surface area (TPSA) is 24.9 Å². The van der Waals surface area contributed by atoms with E-state index in [0.29, 0.717) is 6.04 Å². The molecule has 2 rings (SSSR count). The highest BCUT2D eigenvalue weighted by Gasteiger charge is 2.08. The third-order valence-electron chi connectivity index (χ3n) is 2.67. The molecule has 2 nitrogen and oxygen atoms in total. The molecule has 0 saturated heterocycles. The van der Waals surface area contributed by atoms with E-state index < -0.39 is 0 Å². The number of aromatic nitrogens is 1. The first-order chi connectivity index (χ1) is 8.33. The van der Waals surface area contributed by atoms with Crippen LogP contribution >= 0.6 is 23.1 Å². The lowest BCUT2D eigenvalue weighted by Crippen LogP contribution is -2.30. The van der Waals surface area contributed by atoms with Gasteiger partial charge in [-0.05, 0) is 25.1 Å². The van der Waals surface area contributed by atoms with Gasteiger partial charge in [-0.3, -0.25) is 0 Å². The zero-order valence-corrected chi connectivity index (χ0v) is 11.9. The number of hydrogen-bond donors (Lipinski definition) is 1. The van der Waals surface area contributed by atoms with E-state index >= 15 is 0 Å². The van der Waals surface area contributed by atoms with E-state index in [-0.39, 0.29) is 0 Å². The van der Waals surface area contributed by atoms with Crippen LogP contribution in [0.1, 0.15) is 20.3 Å². The monoisotopic (exact) mass is 266 g/mol. The average Bonchev–Trinajstić information content (AvgIpc) is 2.77. The van der Waals surface area contributed by atoms with Crippen LogP contribution in [0.2, 0.25) is 0 Å². The molecule has 17 heavy (non-hydrogen) atoms. The second-order valence-corrected chi connectivity index (χ2v) is 6.22. The van der Waals surface area contributed by atoms with Crippen LogP contribution in [0.3, 0.4) is 0 Å². The van der Waals surface area contributed by atoms with Gasteiger partial charge in [-0.2, -0.15) is 0 Å². The fraction of sp³-hybridized carbons (Fsp3) is 0.462. The molecule has 0 aliphatic carbocycles. The molecule has 1 heterocycles. The van der Waals surface area contributed by atoms with Crippen LogP contribution in [0.4, 0.5) is 0 Å². The van der Waals surface area contributed by atoms with E-state index in [4.69, 9.17) is 0 Å². The fourth-order valence-electron chi connectivity index (χ4n) is 1.69. The maximum Gasteiger partial charge on any atom is 0.151 e. The Bertz CT molecular complexity index is 434. The van der Waals surface area contributed by atoms with Crippen molar-refractivity contribution in [2.45, 2.75) is 30.6 Å². The van der Waals surface area contributed by atoms with Crippen LogP contribution in [0.5, 0.6) is 0 Å². The van der Waals surface area contributed by atoms with Crippen molar-refractivity contribution in [1.29, 1.82) is 0 Å². The summed E-state index contributed by atoms with van der Waals surface area (Å²) >= 11 is 3.66. The molecule has 1 N–H and O–H groups in total. The van der Waals surface area contributed by atoms with Crippen LogP contribution < -0.4 is 5.32 Å². The summed E-state index contributed by atoms with van der Waals surface area (Å²) in [6.45, 7) is 5.43. The Balaban J connectivity index is 1.98. The number of thioether (sulfide) groups is 1. The van der Waals surface area contributed by atoms with Crippen LogP contribution in [-0.2, 0) is 0 Å². The van der Waals surface area contributed by atoms with Crippen molar-refractivity contribution in [1.82, 2.24) is 10.3 Å². The van der Waals surface area contributed by atoms with Crippen molar-refractivity contribution in [2.75, 3.05) is 12.3 Å². The largest absolute Gasteiger partial charge is 0.313 e. The highest BCUT2D eigenvalue weighted by Crippen LogP contribution is 2.29. The molecule has 0 amide bonds. The minimum Gasteiger partial charge on any atom is -0.313 e. The summed E-state index contributed by atoms with van der Waals surface area (Å²) in [7, 11) is 0. The maximum absolute atomic E-state index is 4.63. The first-order valence-electron chi connectivity index (χ1n) is 6.05. The Hall–Kier alpha value is -0.580. The SMILES string of the molecule is CCNC(CC)CSc1nc2ccccc2s1. The fourth-order valence-corrected chi connectivity index (χ4v) is 3.96. The number of nitrogens with zero attached hydrogens (tertiary/aromatic N) is 1. The number of hydrogen-bond acceptors (Lipinski definition) is 4. The summed E-state index contributed by atoms with van der Waals surface area (Å²) in [5.74, 6) is 1.10. The summed E-state index contributed by atoms with van der Waals surface area (Å²) in [6, 6.07) is 8.93. The molecule has 1 aromatic heterocycles. The average molecular weight is 266 g/mol. The van der Waals surface area contributed by atoms with Crippen molar-refractivity contribution in [2.24, 2.45) is 0 Å². The van der Waals surface area contributed by atoms with Crippen LogP contribution in [0.15, 0.2) is 28.6 Å². The van der Waals surface area contributed by atoms with E-state index in [0.717, 1.165) is 17.8 Å². The Kier molecular flexibility index (Phi) is 4.83. The summed E-state index contributed by atoms with van der Waals surface area (Å²) in [6.07, 6.45) is 1.17. The lowest BCUT2D eigenvalue weighted by molar-refractivity contribution is 0.560. The smallest absolute Gasteiger partial charge is 0.151 e. The van der Waals surface area contributed by atoms with Gasteiger partial charge in [0, 0.05) is 11.8 Å². The van der Waals surface area contributed by atoms with Gasteiger partial charge in [-0.25, -0.2) is 4.98 Å². The number of nitrogens with one attached hydrogen (secondary N) is 1. The highest BCUT2D eigenvalue weighted by molar-refractivity contribution is 8.01. The van der Waals surface area contributed by atoms with E-state index in [1.54, 1.807) is 11.3 Å². The number of para-hydroxylation sites is 1. The molecular weight excluding hydrogens is 248 g/mol. The molecule has 1 atom stereocenters. The minimum atomic E-state index is 0.594. The van der Waals surface area contributed by atoms with Gasteiger partial charge < -0.3 is 5.32 Å². The zero-order valence-electron chi connectivity index (χ0n) is 10.3. The van der Waals surface area contributed by atoms with Crippen LogP contribution in [0, 0.1) is 0 Å². The van der Waals surface area contributed by atoms with Crippen LogP contribution in [-0.4, -0.2) is 23.3 Å². The van der Waals surface area contributed by atoms with E-state index in [2.05, 4.69) is 42.3 Å². The summed E-state index contributed by atoms with van der Waals surface area (Å²) in [5.41, 5.74) is 1.12. The van der Waals surface area contributed by atoms with Crippen molar-refractivity contribution in [3.05, 3.63) is 24.3 Å². The Morgan fingerprint density at radius 2 is 2.18 bits per heavy atom. The molecule has 0 saturated carbocycles. The lowest BCUT2D eigenvalue weighted by Gasteiger charge is -2.13. The Labute approximate surface area is 111 Å². The Morgan fingerprint density at radius 1 is 1.35 bits per heavy atom. The molecule has 0 fully saturated rings. The van der Waals surface area contributed by atoms with Crippen molar-refractivity contribution in [3.63, 3.8) is 0 Å². The normalized spacial score (nSPS) is 13.1. The van der Waals surface area contributed by atoms with Gasteiger partial charge in [0.25, 0.3) is 0 Å². The number of benzene rings is 1. The second-order valence-electron chi connectivity index (χ2n) is 3.92. The van der Waals surface area contributed by atoms with Crippen molar-refractivity contribution in [3.8, 4) is 0 Å². The molecule has 1 aromatic carbocycles. The van der Waals surface area contributed by atoms with Crippen molar-refractivity contribution < 1.29 is 0 Å². The summed E-state index contributed by atoms with van der Waals surface area (Å²) in [4.78, 5) is 4.63. The van der Waals surface area contributed by atoms with Gasteiger partial charge >= 0.3 is 0 Å². The van der Waals surface area contributed by atoms with Gasteiger partial charge in [0.1, 0.15) is 0 Å². The van der Waals surface area contributed by atoms with Gasteiger partial charge in [0.15, 0.2) is 4.34 Å². The van der Waals surface area contributed by atoms with E-state index in [1.165, 1.54) is 15.5 Å². The number of rotatable bonds is 6. The standard InChI is InChI=1S/C13H18N2S2/c1-3-10(14-4-2)9-16-13-15-11-7-5-6-8-12(11)17-13/h5-8,10,14H,3-4,9H2,1-2H3. The predicted octanol–water partition coefficient (Wildman–Crippen LogP) is 3.78. The predicted molar refractivity (Wildman–Crippen MR) is 78.1 cm³/mol. The molecule has 4 heteroatoms. The molecule has 2 aromatic rings. The molecule has 92 valence electrons. The zero-order chi connectivity index (χ0) is 12.1. The summed E-state index contributed by atoms with van der Waals surface area (Å²) in [5, 5.41) is 3.49. The maximum atomic E-state index is 4.63. The van der Waals surface area contributed by atoms with Crippen LogP contribution in [0.25, 0.3) is 10.2 Å². The molecule has 0 spiro atoms. The highest BCUT2D eigenvalue weighted by atomic mass is 32.2. The first kappa shape index (κ1) is 12.9. The summed E-state index contributed by atoms with van der Waals surface area (Å²) < 4.78 is 2.47. The molecule has 0 bridgehead atoms. The van der Waals surface area contributed by atoms with Crippen molar-refractivity contribution >= 4 is 33.3 Å². The lowest BCUT2D eigenvalue weighted by atomic mass is 10.2. The first-order valence-corrected chi connectivity index (χ1v) is 7.85. The van der Waals surface area contributed by atoms with Gasteiger partial charge in [-0.15, -0.1) is 11.3 Å². The Morgan fingerprint density at radius 3 is 2.88 bits per heavy atom. The van der Waals surface area contributed by atoms with Gasteiger partial charge in [0.2, 0.25) is 0 Å². The minimum absolute atomic E-state index is 0.594. The molecule has 0 aliphatic rings. The van der Waals surface area contributed by atoms with E-state index in [1.807, 2.05) is 17.8 Å². The third kappa shape index (κ3) is 3.44. The quantitative estimate of drug-likeness (QED) is 0.806. The number of fused-ring (bicyclic) bond motifs is 1. The molecule has 1 unspecified atom stereocenters. The molecule has 0 aliphatic heterocycles. The van der Waals surface area contributed by atoms with Gasteiger partial charge in [0.05, 0.1) is 10.2 Å². The number of thiazole rings is 1. The third-order valence-corrected chi connectivity index (χ3v) is 5.01. The molecular formula is C13H18N2S2. The van der Waals surface area contributed by atoms with Gasteiger partial charge in [-0.1, -0.05) is 37.7 Å². The second kappa shape index (κ2) is 6.38. The molecule has 0 radical (unpaired) electrons. The van der Waals surface area contributed by atoms with E-state index in [9.17, 15) is 0 Å².